The Kier molecular flexibility index (Phi) is 7.80. The molecule has 0 saturated carbocycles. The molecular formula is C22H30N4O2S2. The molecule has 3 rings (SSSR count). The quantitative estimate of drug-likeness (QED) is 0.388. The van der Waals surface area contributed by atoms with Gasteiger partial charge in [0, 0.05) is 38.1 Å². The van der Waals surface area contributed by atoms with Crippen molar-refractivity contribution in [1.82, 2.24) is 14.9 Å². The highest BCUT2D eigenvalue weighted by molar-refractivity contribution is 7.98. The topological polar surface area (TPSA) is 73.8 Å². The van der Waals surface area contributed by atoms with Gasteiger partial charge in [0.1, 0.15) is 0 Å². The fraction of sp³-hybridized carbons (Fsp3) is 0.409. The Hall–Kier alpha value is -2.03. The molecule has 6 nitrogen and oxygen atoms in total. The highest BCUT2D eigenvalue weighted by atomic mass is 32.2. The van der Waals surface area contributed by atoms with E-state index >= 15 is 0 Å². The summed E-state index contributed by atoms with van der Waals surface area (Å²) in [6.07, 6.45) is 3.96. The molecule has 162 valence electrons. The highest BCUT2D eigenvalue weighted by Crippen LogP contribution is 2.22. The fourth-order valence-electron chi connectivity index (χ4n) is 3.44. The van der Waals surface area contributed by atoms with E-state index in [9.17, 15) is 8.42 Å². The first-order chi connectivity index (χ1) is 14.4. The molecule has 0 radical (unpaired) electrons. The zero-order valence-corrected chi connectivity index (χ0v) is 19.4. The molecule has 0 aromatic heterocycles. The summed E-state index contributed by atoms with van der Waals surface area (Å²) in [6, 6.07) is 13.5. The highest BCUT2D eigenvalue weighted by Gasteiger charge is 2.26. The van der Waals surface area contributed by atoms with Crippen molar-refractivity contribution in [2.45, 2.75) is 42.6 Å². The largest absolute Gasteiger partial charge is 0.352 e. The molecule has 1 aliphatic rings. The van der Waals surface area contributed by atoms with Gasteiger partial charge in [-0.3, -0.25) is 4.99 Å². The number of aliphatic imine (C=N–C) groups is 1. The molecular weight excluding hydrogens is 416 g/mol. The molecule has 2 N–H and O–H groups in total. The van der Waals surface area contributed by atoms with Crippen LogP contribution in [0.4, 0.5) is 0 Å². The maximum absolute atomic E-state index is 12.6. The Balaban J connectivity index is 1.56. The van der Waals surface area contributed by atoms with E-state index in [1.807, 2.05) is 12.1 Å². The van der Waals surface area contributed by atoms with Crippen LogP contribution in [0, 0.1) is 6.92 Å². The van der Waals surface area contributed by atoms with Gasteiger partial charge < -0.3 is 10.6 Å². The first kappa shape index (κ1) is 22.7. The monoisotopic (exact) mass is 446 g/mol. The van der Waals surface area contributed by atoms with E-state index in [0.29, 0.717) is 37.0 Å². The maximum Gasteiger partial charge on any atom is 0.243 e. The van der Waals surface area contributed by atoms with E-state index in [4.69, 9.17) is 0 Å². The van der Waals surface area contributed by atoms with Crippen LogP contribution in [-0.4, -0.2) is 45.1 Å². The van der Waals surface area contributed by atoms with Crippen LogP contribution in [0.2, 0.25) is 0 Å². The first-order valence-corrected chi connectivity index (χ1v) is 12.8. The smallest absolute Gasteiger partial charge is 0.243 e. The van der Waals surface area contributed by atoms with Gasteiger partial charge in [0.15, 0.2) is 5.96 Å². The summed E-state index contributed by atoms with van der Waals surface area (Å²) in [4.78, 5) is 5.90. The lowest BCUT2D eigenvalue weighted by Crippen LogP contribution is -2.36. The maximum atomic E-state index is 12.6. The zero-order chi connectivity index (χ0) is 21.6. The van der Waals surface area contributed by atoms with Crippen LogP contribution in [-0.2, 0) is 23.1 Å². The molecule has 2 aromatic carbocycles. The second-order valence-corrected chi connectivity index (χ2v) is 10.1. The molecule has 2 aromatic rings. The second kappa shape index (κ2) is 10.3. The van der Waals surface area contributed by atoms with Crippen molar-refractivity contribution in [1.29, 1.82) is 0 Å². The molecule has 30 heavy (non-hydrogen) atoms. The number of thioether (sulfide) groups is 1. The number of guanidine groups is 1. The summed E-state index contributed by atoms with van der Waals surface area (Å²) < 4.78 is 26.8. The van der Waals surface area contributed by atoms with Crippen molar-refractivity contribution < 1.29 is 8.42 Å². The van der Waals surface area contributed by atoms with Gasteiger partial charge in [0.2, 0.25) is 10.0 Å². The number of nitrogens with zero attached hydrogens (tertiary/aromatic N) is 2. The third kappa shape index (κ3) is 5.56. The van der Waals surface area contributed by atoms with E-state index < -0.39 is 10.0 Å². The third-order valence-electron chi connectivity index (χ3n) is 5.20. The van der Waals surface area contributed by atoms with Crippen LogP contribution in [0.5, 0.6) is 0 Å². The number of rotatable bonds is 7. The Morgan fingerprint density at radius 1 is 1.07 bits per heavy atom. The average molecular weight is 447 g/mol. The SMILES string of the molecule is CN=C(NCc1ccc(S(=O)(=O)N2CCCC2)cc1)NCc1ccc(C)cc1SC. The predicted octanol–water partition coefficient (Wildman–Crippen LogP) is 3.37. The Morgan fingerprint density at radius 2 is 1.73 bits per heavy atom. The number of sulfonamides is 1. The van der Waals surface area contributed by atoms with Crippen molar-refractivity contribution >= 4 is 27.7 Å². The van der Waals surface area contributed by atoms with E-state index in [2.05, 4.69) is 47.0 Å². The van der Waals surface area contributed by atoms with Crippen LogP contribution in [0.1, 0.15) is 29.5 Å². The summed E-state index contributed by atoms with van der Waals surface area (Å²) in [5.74, 6) is 0.705. The predicted molar refractivity (Wildman–Crippen MR) is 124 cm³/mol. The van der Waals surface area contributed by atoms with Gasteiger partial charge in [-0.25, -0.2) is 8.42 Å². The summed E-state index contributed by atoms with van der Waals surface area (Å²) >= 11 is 1.74. The number of benzene rings is 2. The molecule has 1 saturated heterocycles. The van der Waals surface area contributed by atoms with Crippen LogP contribution >= 0.6 is 11.8 Å². The lowest BCUT2D eigenvalue weighted by atomic mass is 10.1. The van der Waals surface area contributed by atoms with Crippen LogP contribution in [0.15, 0.2) is 57.2 Å². The van der Waals surface area contributed by atoms with Crippen molar-refractivity contribution in [2.75, 3.05) is 26.4 Å². The number of aryl methyl sites for hydroxylation is 1. The van der Waals surface area contributed by atoms with Gasteiger partial charge in [-0.1, -0.05) is 24.3 Å². The standard InChI is InChI=1S/C22H30N4O2S2/c1-17-6-9-19(21(14-17)29-3)16-25-22(23-2)24-15-18-7-10-20(11-8-18)30(27,28)26-12-4-5-13-26/h6-11,14H,4-5,12-13,15-16H2,1-3H3,(H2,23,24,25). The molecule has 8 heteroatoms. The van der Waals surface area contributed by atoms with E-state index in [1.165, 1.54) is 16.0 Å². The number of hydrogen-bond acceptors (Lipinski definition) is 4. The molecule has 1 fully saturated rings. The van der Waals surface area contributed by atoms with Crippen molar-refractivity contribution in [3.8, 4) is 0 Å². The lowest BCUT2D eigenvalue weighted by molar-refractivity contribution is 0.477. The van der Waals surface area contributed by atoms with Crippen molar-refractivity contribution in [3.05, 3.63) is 59.2 Å². The summed E-state index contributed by atoms with van der Waals surface area (Å²) in [7, 11) is -1.62. The minimum absolute atomic E-state index is 0.361. The Bertz CT molecular complexity index is 983. The summed E-state index contributed by atoms with van der Waals surface area (Å²) in [5.41, 5.74) is 3.48. The molecule has 0 bridgehead atoms. The van der Waals surface area contributed by atoms with Crippen LogP contribution in [0.3, 0.4) is 0 Å². The molecule has 1 heterocycles. The molecule has 0 aliphatic carbocycles. The van der Waals surface area contributed by atoms with Gasteiger partial charge in [0.05, 0.1) is 4.90 Å². The van der Waals surface area contributed by atoms with Gasteiger partial charge in [-0.15, -0.1) is 11.8 Å². The van der Waals surface area contributed by atoms with Crippen molar-refractivity contribution in [3.63, 3.8) is 0 Å². The first-order valence-electron chi connectivity index (χ1n) is 10.1. The normalized spacial score (nSPS) is 15.4. The van der Waals surface area contributed by atoms with Crippen molar-refractivity contribution in [2.24, 2.45) is 4.99 Å². The van der Waals surface area contributed by atoms with E-state index in [1.54, 1.807) is 35.2 Å². The van der Waals surface area contributed by atoms with Gasteiger partial charge in [0.25, 0.3) is 0 Å². The van der Waals surface area contributed by atoms with Gasteiger partial charge in [-0.2, -0.15) is 4.31 Å². The van der Waals surface area contributed by atoms with Gasteiger partial charge >= 0.3 is 0 Å². The Morgan fingerprint density at radius 3 is 2.37 bits per heavy atom. The zero-order valence-electron chi connectivity index (χ0n) is 17.8. The summed E-state index contributed by atoms with van der Waals surface area (Å²) in [5, 5.41) is 6.64. The molecule has 0 unspecified atom stereocenters. The van der Waals surface area contributed by atoms with E-state index in [-0.39, 0.29) is 0 Å². The average Bonchev–Trinajstić information content (AvgIpc) is 3.31. The lowest BCUT2D eigenvalue weighted by Gasteiger charge is -2.16. The molecule has 0 atom stereocenters. The van der Waals surface area contributed by atoms with Gasteiger partial charge in [-0.05, 0) is 60.9 Å². The van der Waals surface area contributed by atoms with Crippen LogP contribution in [0.25, 0.3) is 0 Å². The molecule has 0 spiro atoms. The fourth-order valence-corrected chi connectivity index (χ4v) is 5.66. The number of nitrogens with one attached hydrogen (secondary N) is 2. The minimum atomic E-state index is -3.37. The Labute approximate surface area is 184 Å². The van der Waals surface area contributed by atoms with E-state index in [0.717, 1.165) is 18.4 Å². The summed E-state index contributed by atoms with van der Waals surface area (Å²) in [6.45, 7) is 4.58. The minimum Gasteiger partial charge on any atom is -0.352 e. The third-order valence-corrected chi connectivity index (χ3v) is 7.93. The molecule has 1 aliphatic heterocycles. The van der Waals surface area contributed by atoms with Crippen LogP contribution < -0.4 is 10.6 Å². The number of hydrogen-bond donors (Lipinski definition) is 2. The second-order valence-electron chi connectivity index (χ2n) is 7.35. The molecule has 0 amide bonds.